The Hall–Kier alpha value is -6.76. The van der Waals surface area contributed by atoms with E-state index in [0.29, 0.717) is 29.4 Å². The number of benzene rings is 6. The van der Waals surface area contributed by atoms with Gasteiger partial charge in [-0.05, 0) is 105 Å². The van der Waals surface area contributed by atoms with Gasteiger partial charge in [0.15, 0.2) is 6.29 Å². The summed E-state index contributed by atoms with van der Waals surface area (Å²) in [5.74, 6) is 1.87. The Bertz CT molecular complexity index is 2780. The van der Waals surface area contributed by atoms with Crippen molar-refractivity contribution in [2.75, 3.05) is 18.9 Å². The van der Waals surface area contributed by atoms with Crippen molar-refractivity contribution in [1.29, 1.82) is 0 Å². The number of nitrogens with zero attached hydrogens (tertiary/aromatic N) is 3. The average molecular weight is 875 g/mol. The van der Waals surface area contributed by atoms with Gasteiger partial charge in [-0.1, -0.05) is 189 Å². The van der Waals surface area contributed by atoms with Crippen molar-refractivity contribution in [3.63, 3.8) is 0 Å². The standard InChI is InChI=1S/C28H28N2.C16H11NO.C12H19N.C4H8O/c1-19(2)23-14-9-15-24(20(3)4)28(23)29-18-22-12-8-17-27(30-22)26-16-7-11-21-10-5-6-13-25(21)26;18-11-13-7-4-10-16(17-13)15-9-3-6-12-5-1-2-8-14(12)15;1-8(2)10-6-5-7-11(9(3)4)12(10)13;1-2-4-5-3-1/h5-20H,1-4H3;1-11H;5-9H,13H2,1-4H3;1-4H2. The van der Waals surface area contributed by atoms with Crippen molar-refractivity contribution >= 4 is 45.4 Å². The van der Waals surface area contributed by atoms with Gasteiger partial charge < -0.3 is 10.5 Å². The maximum Gasteiger partial charge on any atom is 0.168 e. The third kappa shape index (κ3) is 12.7. The number of anilines is 1. The number of nitrogens with two attached hydrogens (primary N) is 1. The van der Waals surface area contributed by atoms with E-state index in [1.54, 1.807) is 6.07 Å². The first-order chi connectivity index (χ1) is 32.0. The predicted molar refractivity (Wildman–Crippen MR) is 281 cm³/mol. The molecule has 338 valence electrons. The molecule has 0 bridgehead atoms. The maximum atomic E-state index is 10.8. The van der Waals surface area contributed by atoms with Crippen molar-refractivity contribution < 1.29 is 9.53 Å². The van der Waals surface area contributed by atoms with Gasteiger partial charge in [-0.15, -0.1) is 0 Å². The Morgan fingerprint density at radius 2 is 0.879 bits per heavy atom. The van der Waals surface area contributed by atoms with Crippen molar-refractivity contribution in [3.8, 4) is 22.5 Å². The summed E-state index contributed by atoms with van der Waals surface area (Å²) in [6.45, 7) is 19.6. The quantitative estimate of drug-likeness (QED) is 0.0886. The Balaban J connectivity index is 0.000000168. The number of aliphatic imine (C=N–C) groups is 1. The van der Waals surface area contributed by atoms with Crippen LogP contribution >= 0.6 is 0 Å². The third-order valence-corrected chi connectivity index (χ3v) is 11.7. The molecule has 6 aromatic carbocycles. The van der Waals surface area contributed by atoms with Gasteiger partial charge in [0.05, 0.1) is 29.0 Å². The lowest BCUT2D eigenvalue weighted by Crippen LogP contribution is -2.02. The summed E-state index contributed by atoms with van der Waals surface area (Å²) >= 11 is 0. The van der Waals surface area contributed by atoms with Crippen LogP contribution in [-0.4, -0.2) is 35.7 Å². The molecule has 0 atom stereocenters. The zero-order valence-electron chi connectivity index (χ0n) is 40.0. The molecule has 1 fully saturated rings. The number of pyridine rings is 2. The normalized spacial score (nSPS) is 12.2. The van der Waals surface area contributed by atoms with Crippen LogP contribution in [0.25, 0.3) is 44.1 Å². The number of fused-ring (bicyclic) bond motifs is 2. The van der Waals surface area contributed by atoms with E-state index < -0.39 is 0 Å². The fraction of sp³-hybridized carbons (Fsp3) is 0.267. The van der Waals surface area contributed by atoms with E-state index in [0.717, 1.165) is 64.5 Å². The molecule has 0 unspecified atom stereocenters. The van der Waals surface area contributed by atoms with Crippen molar-refractivity contribution in [1.82, 2.24) is 9.97 Å². The molecule has 6 nitrogen and oxygen atoms in total. The maximum absolute atomic E-state index is 10.8. The smallest absolute Gasteiger partial charge is 0.168 e. The van der Waals surface area contributed by atoms with Crippen molar-refractivity contribution in [3.05, 3.63) is 191 Å². The molecule has 1 aliphatic rings. The van der Waals surface area contributed by atoms with Crippen molar-refractivity contribution in [2.24, 2.45) is 4.99 Å². The van der Waals surface area contributed by atoms with Crippen LogP contribution in [0.5, 0.6) is 0 Å². The molecular weight excluding hydrogens is 809 g/mol. The fourth-order valence-corrected chi connectivity index (χ4v) is 8.15. The van der Waals surface area contributed by atoms with E-state index in [1.807, 2.05) is 48.7 Å². The molecule has 8 aromatic rings. The highest BCUT2D eigenvalue weighted by atomic mass is 16.5. The minimum absolute atomic E-state index is 0.422. The van der Waals surface area contributed by atoms with Crippen LogP contribution in [0.3, 0.4) is 0 Å². The Morgan fingerprint density at radius 1 is 0.485 bits per heavy atom. The second-order valence-corrected chi connectivity index (χ2v) is 17.9. The number of carbonyl (C=O) groups is 1. The van der Waals surface area contributed by atoms with Crippen LogP contribution in [0.4, 0.5) is 11.4 Å². The van der Waals surface area contributed by atoms with Gasteiger partial charge in [0, 0.05) is 30.0 Å². The van der Waals surface area contributed by atoms with E-state index in [2.05, 4.69) is 170 Å². The van der Waals surface area contributed by atoms with Crippen LogP contribution < -0.4 is 5.73 Å². The molecule has 1 saturated heterocycles. The molecule has 2 N–H and O–H groups in total. The number of hydrogen-bond acceptors (Lipinski definition) is 6. The molecule has 3 heterocycles. The highest BCUT2D eigenvalue weighted by molar-refractivity contribution is 5.97. The zero-order chi connectivity index (χ0) is 47.0. The molecule has 0 amide bonds. The highest BCUT2D eigenvalue weighted by Crippen LogP contribution is 2.35. The number of ether oxygens (including phenoxy) is 1. The predicted octanol–water partition coefficient (Wildman–Crippen LogP) is 15.9. The Morgan fingerprint density at radius 3 is 1.32 bits per heavy atom. The molecule has 66 heavy (non-hydrogen) atoms. The first-order valence-corrected chi connectivity index (χ1v) is 23.4. The number of carbonyl (C=O) groups excluding carboxylic acids is 1. The molecular formula is C60H66N4O2. The van der Waals surface area contributed by atoms with E-state index in [-0.39, 0.29) is 0 Å². The summed E-state index contributed by atoms with van der Waals surface area (Å²) in [5.41, 5.74) is 18.6. The van der Waals surface area contributed by atoms with Crippen LogP contribution in [0, 0.1) is 0 Å². The van der Waals surface area contributed by atoms with Gasteiger partial charge in [-0.2, -0.15) is 0 Å². The van der Waals surface area contributed by atoms with Crippen molar-refractivity contribution in [2.45, 2.75) is 91.9 Å². The van der Waals surface area contributed by atoms with E-state index in [4.69, 9.17) is 20.4 Å². The number of para-hydroxylation sites is 2. The van der Waals surface area contributed by atoms with Gasteiger partial charge in [0.1, 0.15) is 5.69 Å². The summed E-state index contributed by atoms with van der Waals surface area (Å²) in [7, 11) is 0. The Labute approximate surface area is 393 Å². The molecule has 0 saturated carbocycles. The lowest BCUT2D eigenvalue weighted by atomic mass is 9.93. The molecule has 1 aliphatic heterocycles. The summed E-state index contributed by atoms with van der Waals surface area (Å²) in [6, 6.07) is 53.6. The van der Waals surface area contributed by atoms with Crippen LogP contribution in [0.15, 0.2) is 163 Å². The number of rotatable bonds is 9. The van der Waals surface area contributed by atoms with Crippen LogP contribution in [0.1, 0.15) is 130 Å². The SMILES string of the molecule is C1CCOC1.CC(C)c1cccc(C(C)C)c1N.CC(C)c1cccc(C(C)C)c1N=Cc1cccc(-c2cccc3ccccc23)n1.O=Cc1cccc(-c2cccc3ccccc23)n1. The van der Waals surface area contributed by atoms with Gasteiger partial charge in [0.2, 0.25) is 0 Å². The second-order valence-electron chi connectivity index (χ2n) is 17.9. The van der Waals surface area contributed by atoms with Gasteiger partial charge >= 0.3 is 0 Å². The van der Waals surface area contributed by atoms with Crippen LogP contribution in [-0.2, 0) is 4.74 Å². The van der Waals surface area contributed by atoms with E-state index in [1.165, 1.54) is 51.3 Å². The molecule has 0 spiro atoms. The number of hydrogen-bond donors (Lipinski definition) is 1. The topological polar surface area (TPSA) is 90.5 Å². The number of aldehydes is 1. The van der Waals surface area contributed by atoms with Gasteiger partial charge in [0.25, 0.3) is 0 Å². The average Bonchev–Trinajstić information content (AvgIpc) is 3.94. The fourth-order valence-electron chi connectivity index (χ4n) is 8.15. The molecule has 0 radical (unpaired) electrons. The summed E-state index contributed by atoms with van der Waals surface area (Å²) < 4.78 is 4.94. The lowest BCUT2D eigenvalue weighted by molar-refractivity contribution is 0.111. The monoisotopic (exact) mass is 875 g/mol. The van der Waals surface area contributed by atoms with Gasteiger partial charge in [-0.25, -0.2) is 9.97 Å². The second kappa shape index (κ2) is 24.0. The zero-order valence-corrected chi connectivity index (χ0v) is 40.0. The molecule has 6 heteroatoms. The van der Waals surface area contributed by atoms with Crippen LogP contribution in [0.2, 0.25) is 0 Å². The lowest BCUT2D eigenvalue weighted by Gasteiger charge is -2.16. The Kier molecular flexibility index (Phi) is 17.7. The summed E-state index contributed by atoms with van der Waals surface area (Å²) in [6.07, 6.45) is 5.23. The largest absolute Gasteiger partial charge is 0.398 e. The van der Waals surface area contributed by atoms with Gasteiger partial charge in [-0.3, -0.25) is 9.79 Å². The molecule has 2 aromatic heterocycles. The highest BCUT2D eigenvalue weighted by Gasteiger charge is 2.14. The van der Waals surface area contributed by atoms with E-state index >= 15 is 0 Å². The molecule has 9 rings (SSSR count). The third-order valence-electron chi connectivity index (χ3n) is 11.7. The summed E-state index contributed by atoms with van der Waals surface area (Å²) in [5, 5.41) is 4.76. The minimum Gasteiger partial charge on any atom is -0.398 e. The van der Waals surface area contributed by atoms with E-state index in [9.17, 15) is 4.79 Å². The number of aromatic nitrogens is 2. The minimum atomic E-state index is 0.422. The molecule has 0 aliphatic carbocycles. The first-order valence-electron chi connectivity index (χ1n) is 23.4. The first kappa shape index (κ1) is 48.7. The summed E-state index contributed by atoms with van der Waals surface area (Å²) in [4.78, 5) is 25.0. The number of nitrogen functional groups attached to an aromatic ring is 1.